The van der Waals surface area contributed by atoms with Crippen LogP contribution in [0.15, 0.2) is 0 Å². The predicted molar refractivity (Wildman–Crippen MR) is 59.9 cm³/mol. The van der Waals surface area contributed by atoms with Crippen LogP contribution in [0.25, 0.3) is 0 Å². The normalized spacial score (nSPS) is 38.2. The highest BCUT2D eigenvalue weighted by atomic mass is 16.5. The maximum absolute atomic E-state index is 12.1. The Labute approximate surface area is 96.6 Å². The number of amides is 1. The van der Waals surface area contributed by atoms with Crippen molar-refractivity contribution in [1.29, 1.82) is 0 Å². The molecule has 1 N–H and O–H groups in total. The summed E-state index contributed by atoms with van der Waals surface area (Å²) in [6.07, 6.45) is 2.26. The van der Waals surface area contributed by atoms with E-state index < -0.39 is 0 Å². The van der Waals surface area contributed by atoms with Crippen molar-refractivity contribution in [3.63, 3.8) is 0 Å². The standard InChI is InChI=1S/C12H21NO3/c1-8-3-4-16-11(8)12(15)13(2)7-9-5-10(14)6-9/h8-11,14H,3-7H2,1-2H3. The molecule has 92 valence electrons. The molecule has 0 aromatic rings. The van der Waals surface area contributed by atoms with Gasteiger partial charge < -0.3 is 14.7 Å². The van der Waals surface area contributed by atoms with E-state index in [1.807, 2.05) is 7.05 Å². The van der Waals surface area contributed by atoms with Gasteiger partial charge in [-0.15, -0.1) is 0 Å². The molecular weight excluding hydrogens is 206 g/mol. The quantitative estimate of drug-likeness (QED) is 0.770. The Balaban J connectivity index is 1.80. The molecule has 1 saturated heterocycles. The Morgan fingerprint density at radius 2 is 2.19 bits per heavy atom. The molecule has 2 fully saturated rings. The van der Waals surface area contributed by atoms with E-state index in [1.54, 1.807) is 4.90 Å². The van der Waals surface area contributed by atoms with Crippen LogP contribution in [0.4, 0.5) is 0 Å². The number of hydrogen-bond donors (Lipinski definition) is 1. The summed E-state index contributed by atoms with van der Waals surface area (Å²) in [5, 5.41) is 9.20. The van der Waals surface area contributed by atoms with E-state index in [9.17, 15) is 9.90 Å². The molecule has 1 amide bonds. The molecule has 0 aromatic heterocycles. The fourth-order valence-electron chi connectivity index (χ4n) is 2.56. The summed E-state index contributed by atoms with van der Waals surface area (Å²) in [7, 11) is 1.83. The van der Waals surface area contributed by atoms with Crippen LogP contribution in [-0.2, 0) is 9.53 Å². The van der Waals surface area contributed by atoms with Gasteiger partial charge in [0.2, 0.25) is 0 Å². The van der Waals surface area contributed by atoms with Gasteiger partial charge in [-0.05, 0) is 31.1 Å². The van der Waals surface area contributed by atoms with E-state index in [0.29, 0.717) is 18.4 Å². The summed E-state index contributed by atoms with van der Waals surface area (Å²) in [6.45, 7) is 3.52. The van der Waals surface area contributed by atoms with Gasteiger partial charge in [-0.3, -0.25) is 4.79 Å². The number of carbonyl (C=O) groups excluding carboxylic acids is 1. The van der Waals surface area contributed by atoms with Crippen LogP contribution in [0.3, 0.4) is 0 Å². The fraction of sp³-hybridized carbons (Fsp3) is 0.917. The fourth-order valence-corrected chi connectivity index (χ4v) is 2.56. The van der Waals surface area contributed by atoms with E-state index in [2.05, 4.69) is 6.92 Å². The predicted octanol–water partition coefficient (Wildman–Crippen LogP) is 0.641. The van der Waals surface area contributed by atoms with Gasteiger partial charge >= 0.3 is 0 Å². The van der Waals surface area contributed by atoms with E-state index in [0.717, 1.165) is 25.8 Å². The zero-order valence-corrected chi connectivity index (χ0v) is 10.1. The third-order valence-corrected chi connectivity index (χ3v) is 3.75. The topological polar surface area (TPSA) is 49.8 Å². The minimum Gasteiger partial charge on any atom is -0.393 e. The first kappa shape index (κ1) is 11.9. The van der Waals surface area contributed by atoms with Crippen molar-refractivity contribution in [2.45, 2.75) is 38.4 Å². The Kier molecular flexibility index (Phi) is 3.50. The van der Waals surface area contributed by atoms with Crippen LogP contribution in [-0.4, -0.2) is 48.3 Å². The van der Waals surface area contributed by atoms with Crippen molar-refractivity contribution in [2.75, 3.05) is 20.2 Å². The van der Waals surface area contributed by atoms with E-state index >= 15 is 0 Å². The molecule has 0 radical (unpaired) electrons. The molecule has 4 nitrogen and oxygen atoms in total. The minimum atomic E-state index is -0.241. The largest absolute Gasteiger partial charge is 0.393 e. The molecule has 2 unspecified atom stereocenters. The maximum Gasteiger partial charge on any atom is 0.251 e. The summed E-state index contributed by atoms with van der Waals surface area (Å²) in [5.74, 6) is 0.911. The summed E-state index contributed by atoms with van der Waals surface area (Å²) < 4.78 is 5.46. The van der Waals surface area contributed by atoms with Gasteiger partial charge in [0.25, 0.3) is 5.91 Å². The van der Waals surface area contributed by atoms with Gasteiger partial charge in [-0.2, -0.15) is 0 Å². The number of nitrogens with zero attached hydrogens (tertiary/aromatic N) is 1. The lowest BCUT2D eigenvalue weighted by atomic mass is 9.82. The third kappa shape index (κ3) is 2.38. The molecule has 1 saturated carbocycles. The van der Waals surface area contributed by atoms with Crippen LogP contribution in [0.1, 0.15) is 26.2 Å². The summed E-state index contributed by atoms with van der Waals surface area (Å²) >= 11 is 0. The lowest BCUT2D eigenvalue weighted by Gasteiger charge is -2.35. The summed E-state index contributed by atoms with van der Waals surface area (Å²) in [6, 6.07) is 0. The third-order valence-electron chi connectivity index (χ3n) is 3.75. The molecule has 2 aliphatic rings. The highest BCUT2D eigenvalue weighted by Crippen LogP contribution is 2.28. The summed E-state index contributed by atoms with van der Waals surface area (Å²) in [5.41, 5.74) is 0. The second kappa shape index (κ2) is 4.72. The number of rotatable bonds is 3. The van der Waals surface area contributed by atoms with Crippen molar-refractivity contribution in [3.8, 4) is 0 Å². The monoisotopic (exact) mass is 227 g/mol. The average Bonchev–Trinajstić information content (AvgIpc) is 2.61. The first-order valence-corrected chi connectivity index (χ1v) is 6.12. The first-order chi connectivity index (χ1) is 7.58. The Morgan fingerprint density at radius 1 is 1.50 bits per heavy atom. The van der Waals surface area contributed by atoms with Crippen LogP contribution in [0.5, 0.6) is 0 Å². The van der Waals surface area contributed by atoms with Crippen LogP contribution >= 0.6 is 0 Å². The number of aliphatic hydroxyl groups is 1. The number of carbonyl (C=O) groups is 1. The van der Waals surface area contributed by atoms with Gasteiger partial charge in [0, 0.05) is 20.2 Å². The van der Waals surface area contributed by atoms with Gasteiger partial charge in [0.15, 0.2) is 0 Å². The van der Waals surface area contributed by atoms with Gasteiger partial charge in [-0.25, -0.2) is 0 Å². The van der Waals surface area contributed by atoms with Crippen molar-refractivity contribution in [1.82, 2.24) is 4.90 Å². The van der Waals surface area contributed by atoms with E-state index in [1.165, 1.54) is 0 Å². The molecule has 1 aliphatic carbocycles. The first-order valence-electron chi connectivity index (χ1n) is 6.12. The van der Waals surface area contributed by atoms with Crippen LogP contribution in [0.2, 0.25) is 0 Å². The Bertz CT molecular complexity index is 263. The van der Waals surface area contributed by atoms with Crippen molar-refractivity contribution in [2.24, 2.45) is 11.8 Å². The van der Waals surface area contributed by atoms with Crippen molar-refractivity contribution < 1.29 is 14.6 Å². The van der Waals surface area contributed by atoms with E-state index in [4.69, 9.17) is 4.74 Å². The highest BCUT2D eigenvalue weighted by Gasteiger charge is 2.35. The zero-order chi connectivity index (χ0) is 11.7. The Morgan fingerprint density at radius 3 is 2.69 bits per heavy atom. The van der Waals surface area contributed by atoms with Crippen LogP contribution < -0.4 is 0 Å². The lowest BCUT2D eigenvalue weighted by Crippen LogP contribution is -2.44. The average molecular weight is 227 g/mol. The number of hydrogen-bond acceptors (Lipinski definition) is 3. The number of ether oxygens (including phenoxy) is 1. The zero-order valence-electron chi connectivity index (χ0n) is 10.1. The highest BCUT2D eigenvalue weighted by molar-refractivity contribution is 5.81. The molecular formula is C12H21NO3. The van der Waals surface area contributed by atoms with E-state index in [-0.39, 0.29) is 18.1 Å². The maximum atomic E-state index is 12.1. The second-order valence-corrected chi connectivity index (χ2v) is 5.27. The SMILES string of the molecule is CC1CCOC1C(=O)N(C)CC1CC(O)C1. The molecule has 2 rings (SSSR count). The molecule has 16 heavy (non-hydrogen) atoms. The number of aliphatic hydroxyl groups excluding tert-OH is 1. The van der Waals surface area contributed by atoms with Gasteiger partial charge in [-0.1, -0.05) is 6.92 Å². The minimum absolute atomic E-state index is 0.103. The Hall–Kier alpha value is -0.610. The molecule has 2 atom stereocenters. The molecule has 0 bridgehead atoms. The van der Waals surface area contributed by atoms with Gasteiger partial charge in [0.1, 0.15) is 6.10 Å². The van der Waals surface area contributed by atoms with Crippen LogP contribution in [0, 0.1) is 11.8 Å². The van der Waals surface area contributed by atoms with Crippen molar-refractivity contribution in [3.05, 3.63) is 0 Å². The molecule has 4 heteroatoms. The molecule has 1 aliphatic heterocycles. The lowest BCUT2D eigenvalue weighted by molar-refractivity contribution is -0.142. The molecule has 1 heterocycles. The summed E-state index contributed by atoms with van der Waals surface area (Å²) in [4.78, 5) is 13.8. The number of likely N-dealkylation sites (N-methyl/N-ethyl adjacent to an activating group) is 1. The molecule has 0 spiro atoms. The van der Waals surface area contributed by atoms with Gasteiger partial charge in [0.05, 0.1) is 6.10 Å². The van der Waals surface area contributed by atoms with Crippen molar-refractivity contribution >= 4 is 5.91 Å². The second-order valence-electron chi connectivity index (χ2n) is 5.27. The smallest absolute Gasteiger partial charge is 0.251 e. The molecule has 0 aromatic carbocycles.